The molecule has 0 unspecified atom stereocenters. The van der Waals surface area contributed by atoms with Crippen molar-refractivity contribution in [3.8, 4) is 10.8 Å². The highest BCUT2D eigenvalue weighted by atomic mass is 32.1. The van der Waals surface area contributed by atoms with E-state index in [0.717, 1.165) is 41.3 Å². The van der Waals surface area contributed by atoms with E-state index in [2.05, 4.69) is 34.1 Å². The lowest BCUT2D eigenvalue weighted by molar-refractivity contribution is 0.194. The second-order valence-electron chi connectivity index (χ2n) is 9.79. The maximum Gasteiger partial charge on any atom is 0.323 e. The van der Waals surface area contributed by atoms with Crippen molar-refractivity contribution in [1.29, 1.82) is 0 Å². The number of nitrogens with one attached hydrogen (secondary N) is 1. The first-order valence-corrected chi connectivity index (χ1v) is 13.2. The zero-order chi connectivity index (χ0) is 25.7. The normalized spacial score (nSPS) is 17.0. The number of hydrogen-bond donors (Lipinski definition) is 1. The monoisotopic (exact) mass is 516 g/mol. The van der Waals surface area contributed by atoms with Gasteiger partial charge in [0.15, 0.2) is 0 Å². The Morgan fingerprint density at radius 1 is 1.11 bits per heavy atom. The summed E-state index contributed by atoms with van der Waals surface area (Å²) in [6.07, 6.45) is 3.03. The molecule has 2 aliphatic rings. The molecule has 0 radical (unpaired) electrons. The predicted molar refractivity (Wildman–Crippen MR) is 144 cm³/mol. The largest absolute Gasteiger partial charge is 0.495 e. The number of anilines is 1. The van der Waals surface area contributed by atoms with Gasteiger partial charge in [-0.1, -0.05) is 18.2 Å². The molecule has 0 fully saturated rings. The van der Waals surface area contributed by atoms with Gasteiger partial charge in [0.1, 0.15) is 16.6 Å². The van der Waals surface area contributed by atoms with E-state index >= 15 is 0 Å². The van der Waals surface area contributed by atoms with Gasteiger partial charge in [-0.05, 0) is 73.5 Å². The van der Waals surface area contributed by atoms with E-state index in [-0.39, 0.29) is 11.8 Å². The molecule has 2 aromatic carbocycles. The molecule has 190 valence electrons. The summed E-state index contributed by atoms with van der Waals surface area (Å²) in [7, 11) is 3.75. The third kappa shape index (κ3) is 4.20. The highest BCUT2D eigenvalue weighted by Crippen LogP contribution is 2.43. The van der Waals surface area contributed by atoms with Crippen LogP contribution >= 0.6 is 11.3 Å². The molecule has 6 nitrogen and oxygen atoms in total. The average molecular weight is 517 g/mol. The van der Waals surface area contributed by atoms with Crippen molar-refractivity contribution in [2.75, 3.05) is 26.0 Å². The Morgan fingerprint density at radius 2 is 1.92 bits per heavy atom. The Hall–Kier alpha value is -3.62. The molecule has 1 atom stereocenters. The third-order valence-electron chi connectivity index (χ3n) is 7.30. The number of aryl methyl sites for hydroxylation is 1. The molecule has 4 aromatic rings. The lowest BCUT2D eigenvalue weighted by Gasteiger charge is -2.32. The van der Waals surface area contributed by atoms with Gasteiger partial charge in [-0.15, -0.1) is 11.3 Å². The molecule has 37 heavy (non-hydrogen) atoms. The van der Waals surface area contributed by atoms with Crippen molar-refractivity contribution in [2.24, 2.45) is 0 Å². The van der Waals surface area contributed by atoms with Crippen LogP contribution in [0.1, 0.15) is 38.9 Å². The summed E-state index contributed by atoms with van der Waals surface area (Å²) in [6.45, 7) is 4.34. The van der Waals surface area contributed by atoms with E-state index in [1.54, 1.807) is 19.2 Å². The maximum atomic E-state index is 14.1. The molecule has 2 aromatic heterocycles. The van der Waals surface area contributed by atoms with Crippen LogP contribution in [0, 0.1) is 12.7 Å². The Balaban J connectivity index is 1.49. The van der Waals surface area contributed by atoms with E-state index < -0.39 is 6.04 Å². The number of carbonyl (C=O) groups is 1. The Morgan fingerprint density at radius 3 is 2.70 bits per heavy atom. The predicted octanol–water partition coefficient (Wildman–Crippen LogP) is 6.12. The second-order valence-corrected chi connectivity index (χ2v) is 10.9. The van der Waals surface area contributed by atoms with Gasteiger partial charge in [-0.3, -0.25) is 0 Å². The minimum atomic E-state index is -0.395. The van der Waals surface area contributed by atoms with Gasteiger partial charge in [-0.2, -0.15) is 0 Å². The van der Waals surface area contributed by atoms with Crippen LogP contribution in [0.4, 0.5) is 14.9 Å². The summed E-state index contributed by atoms with van der Waals surface area (Å²) >= 11 is 1.81. The number of ether oxygens (including phenoxy) is 1. The van der Waals surface area contributed by atoms with Gasteiger partial charge in [0.2, 0.25) is 0 Å². The summed E-state index contributed by atoms with van der Waals surface area (Å²) < 4.78 is 21.6. The van der Waals surface area contributed by atoms with Crippen molar-refractivity contribution in [3.63, 3.8) is 0 Å². The highest BCUT2D eigenvalue weighted by Gasteiger charge is 2.36. The number of fused-ring (bicyclic) bond motifs is 5. The van der Waals surface area contributed by atoms with Crippen molar-refractivity contribution in [1.82, 2.24) is 14.4 Å². The fourth-order valence-electron chi connectivity index (χ4n) is 5.45. The first kappa shape index (κ1) is 23.8. The zero-order valence-corrected chi connectivity index (χ0v) is 21.9. The van der Waals surface area contributed by atoms with Crippen molar-refractivity contribution in [3.05, 3.63) is 99.4 Å². The molecule has 0 spiro atoms. The summed E-state index contributed by atoms with van der Waals surface area (Å²) in [6, 6.07) is 15.6. The van der Waals surface area contributed by atoms with Crippen LogP contribution in [0.5, 0.6) is 5.75 Å². The second kappa shape index (κ2) is 9.36. The van der Waals surface area contributed by atoms with Gasteiger partial charge in [-0.25, -0.2) is 9.18 Å². The van der Waals surface area contributed by atoms with Crippen molar-refractivity contribution in [2.45, 2.75) is 32.5 Å². The quantitative estimate of drug-likeness (QED) is 0.357. The molecular weight excluding hydrogens is 487 g/mol. The Kier molecular flexibility index (Phi) is 6.01. The van der Waals surface area contributed by atoms with E-state index in [1.807, 2.05) is 47.4 Å². The number of urea groups is 1. The molecule has 6 rings (SSSR count). The van der Waals surface area contributed by atoms with Gasteiger partial charge >= 0.3 is 6.03 Å². The maximum absolute atomic E-state index is 14.1. The summed E-state index contributed by atoms with van der Waals surface area (Å²) in [5.74, 6) is 0.303. The van der Waals surface area contributed by atoms with Crippen LogP contribution < -0.4 is 10.1 Å². The Labute approximate surface area is 219 Å². The highest BCUT2D eigenvalue weighted by molar-refractivity contribution is 7.15. The number of amides is 2. The Bertz CT molecular complexity index is 1480. The molecule has 2 amide bonds. The molecule has 8 heteroatoms. The van der Waals surface area contributed by atoms with Crippen LogP contribution in [0.25, 0.3) is 5.00 Å². The lowest BCUT2D eigenvalue weighted by atomic mass is 10.0. The van der Waals surface area contributed by atoms with Crippen LogP contribution in [-0.4, -0.2) is 41.1 Å². The molecule has 0 saturated heterocycles. The minimum Gasteiger partial charge on any atom is -0.495 e. The molecule has 0 saturated carbocycles. The fraction of sp³-hybridized carbons (Fsp3) is 0.276. The number of nitrogens with zero attached hydrogens (tertiary/aromatic N) is 3. The first-order chi connectivity index (χ1) is 17.9. The van der Waals surface area contributed by atoms with Crippen LogP contribution in [0.2, 0.25) is 0 Å². The fourth-order valence-corrected chi connectivity index (χ4v) is 6.90. The van der Waals surface area contributed by atoms with Gasteiger partial charge in [0, 0.05) is 29.7 Å². The minimum absolute atomic E-state index is 0.230. The number of halogens is 1. The molecule has 4 heterocycles. The summed E-state index contributed by atoms with van der Waals surface area (Å²) in [5.41, 5.74) is 6.03. The smallest absolute Gasteiger partial charge is 0.323 e. The van der Waals surface area contributed by atoms with Crippen LogP contribution in [-0.2, 0) is 19.5 Å². The van der Waals surface area contributed by atoms with Crippen molar-refractivity contribution >= 4 is 23.1 Å². The summed E-state index contributed by atoms with van der Waals surface area (Å²) in [5, 5.41) is 4.28. The van der Waals surface area contributed by atoms with Crippen LogP contribution in [0.3, 0.4) is 0 Å². The number of methoxy groups -OCH3 is 1. The molecule has 1 N–H and O–H groups in total. The van der Waals surface area contributed by atoms with Crippen LogP contribution in [0.15, 0.2) is 60.8 Å². The van der Waals surface area contributed by atoms with Crippen molar-refractivity contribution < 1.29 is 13.9 Å². The SMILES string of the molecule is COc1ccc(C)cc1NC(=O)N1Cc2c(sc3c2CCN(C)C3)-n2cccc2[C@@H]1c1ccc(F)cc1. The van der Waals surface area contributed by atoms with Gasteiger partial charge in [0.25, 0.3) is 0 Å². The number of carbonyl (C=O) groups excluding carboxylic acids is 1. The number of likely N-dealkylation sites (N-methyl/N-ethyl adjacent to an activating group) is 1. The average Bonchev–Trinajstić information content (AvgIpc) is 3.46. The van der Waals surface area contributed by atoms with E-state index in [9.17, 15) is 9.18 Å². The zero-order valence-electron chi connectivity index (χ0n) is 21.1. The topological polar surface area (TPSA) is 49.7 Å². The van der Waals surface area contributed by atoms with E-state index in [0.29, 0.717) is 18.0 Å². The molecule has 0 aliphatic carbocycles. The lowest BCUT2D eigenvalue weighted by Crippen LogP contribution is -2.38. The van der Waals surface area contributed by atoms with E-state index in [4.69, 9.17) is 4.74 Å². The van der Waals surface area contributed by atoms with Gasteiger partial charge in [0.05, 0.1) is 31.1 Å². The number of rotatable bonds is 3. The number of thiophene rings is 1. The number of benzene rings is 2. The van der Waals surface area contributed by atoms with Gasteiger partial charge < -0.3 is 24.4 Å². The molecule has 2 aliphatic heterocycles. The van der Waals surface area contributed by atoms with E-state index in [1.165, 1.54) is 28.1 Å². The summed E-state index contributed by atoms with van der Waals surface area (Å²) in [4.78, 5) is 19.7. The third-order valence-corrected chi connectivity index (χ3v) is 8.56. The molecular formula is C29H29FN4O2S. The standard InChI is InChI=1S/C29H29FN4O2S/c1-18-6-11-25(36-3)23(15-18)31-29(35)34-16-22-21-12-14-32(2)17-26(21)37-28(22)33-13-4-5-24(33)27(34)19-7-9-20(30)10-8-19/h4-11,13,15,27H,12,14,16-17H2,1-3H3,(H,31,35)/t27-/m0/s1. The molecule has 0 bridgehead atoms. The first-order valence-electron chi connectivity index (χ1n) is 12.4. The number of hydrogen-bond acceptors (Lipinski definition) is 4. The number of aromatic nitrogens is 1.